The Kier molecular flexibility index (Phi) is 3.31. The van der Waals surface area contributed by atoms with Crippen molar-refractivity contribution in [3.8, 4) is 5.75 Å². The summed E-state index contributed by atoms with van der Waals surface area (Å²) in [7, 11) is 4.20. The molecule has 3 rings (SSSR count). The summed E-state index contributed by atoms with van der Waals surface area (Å²) in [5.74, 6) is -0.317. The fourth-order valence-corrected chi connectivity index (χ4v) is 3.09. The minimum absolute atomic E-state index is 0.144. The summed E-state index contributed by atoms with van der Waals surface area (Å²) in [6, 6.07) is 7.17. The number of rotatable bonds is 4. The zero-order chi connectivity index (χ0) is 15.9. The maximum atomic E-state index is 12.3. The quantitative estimate of drug-likeness (QED) is 0.778. The molecule has 0 saturated heterocycles. The van der Waals surface area contributed by atoms with Gasteiger partial charge in [-0.15, -0.1) is 0 Å². The maximum Gasteiger partial charge on any atom is 0.372 e. The van der Waals surface area contributed by atoms with Gasteiger partial charge in [0, 0.05) is 5.92 Å². The van der Waals surface area contributed by atoms with Crippen LogP contribution >= 0.6 is 0 Å². The van der Waals surface area contributed by atoms with Crippen molar-refractivity contribution in [1.82, 2.24) is 0 Å². The molecule has 6 heteroatoms. The highest BCUT2D eigenvalue weighted by Gasteiger charge is 2.75. The van der Waals surface area contributed by atoms with Crippen LogP contribution in [0.3, 0.4) is 0 Å². The third-order valence-corrected chi connectivity index (χ3v) is 4.25. The van der Waals surface area contributed by atoms with Crippen molar-refractivity contribution < 1.29 is 28.5 Å². The summed E-state index contributed by atoms with van der Waals surface area (Å²) in [6.45, 7) is 0. The van der Waals surface area contributed by atoms with Gasteiger partial charge in [0.05, 0.1) is 21.3 Å². The molecule has 1 saturated carbocycles. The third kappa shape index (κ3) is 1.80. The largest absolute Gasteiger partial charge is 0.497 e. The van der Waals surface area contributed by atoms with Crippen molar-refractivity contribution in [3.05, 3.63) is 41.7 Å². The van der Waals surface area contributed by atoms with Gasteiger partial charge in [0.1, 0.15) is 17.3 Å². The fraction of sp³-hybridized carbons (Fsp3) is 0.375. The average Bonchev–Trinajstić information content (AvgIpc) is 2.96. The molecule has 1 aromatic carbocycles. The molecule has 0 spiro atoms. The molecule has 0 N–H and O–H groups in total. The second kappa shape index (κ2) is 5.05. The predicted molar refractivity (Wildman–Crippen MR) is 75.2 cm³/mol. The SMILES string of the molecule is COC(=O)C1=C[C@@H]2[C@H](O1)[C@]2(C(=O)OC)c1ccc(OC)cc1. The van der Waals surface area contributed by atoms with E-state index in [1.54, 1.807) is 25.3 Å². The minimum atomic E-state index is -0.904. The average molecular weight is 304 g/mol. The predicted octanol–water partition coefficient (Wildman–Crippen LogP) is 1.19. The zero-order valence-electron chi connectivity index (χ0n) is 12.5. The number of carbonyl (C=O) groups excluding carboxylic acids is 2. The molecule has 3 atom stereocenters. The molecule has 1 aliphatic carbocycles. The Balaban J connectivity index is 1.95. The molecule has 6 nitrogen and oxygen atoms in total. The number of esters is 2. The molecule has 22 heavy (non-hydrogen) atoms. The topological polar surface area (TPSA) is 71.1 Å². The summed E-state index contributed by atoms with van der Waals surface area (Å²) >= 11 is 0. The number of methoxy groups -OCH3 is 3. The third-order valence-electron chi connectivity index (χ3n) is 4.25. The lowest BCUT2D eigenvalue weighted by Gasteiger charge is -2.18. The molecule has 1 aliphatic heterocycles. The molecule has 1 heterocycles. The normalized spacial score (nSPS) is 28.0. The number of hydrogen-bond acceptors (Lipinski definition) is 6. The highest BCUT2D eigenvalue weighted by Crippen LogP contribution is 2.62. The first-order valence-electron chi connectivity index (χ1n) is 6.79. The van der Waals surface area contributed by atoms with E-state index in [0.29, 0.717) is 5.75 Å². The van der Waals surface area contributed by atoms with Crippen LogP contribution in [-0.2, 0) is 29.2 Å². The molecule has 0 radical (unpaired) electrons. The van der Waals surface area contributed by atoms with Gasteiger partial charge in [-0.3, -0.25) is 4.79 Å². The number of carbonyl (C=O) groups is 2. The van der Waals surface area contributed by atoms with Crippen molar-refractivity contribution in [3.63, 3.8) is 0 Å². The molecule has 2 aliphatic rings. The van der Waals surface area contributed by atoms with Gasteiger partial charge < -0.3 is 18.9 Å². The van der Waals surface area contributed by atoms with E-state index in [9.17, 15) is 9.59 Å². The summed E-state index contributed by atoms with van der Waals surface area (Å²) < 4.78 is 20.3. The van der Waals surface area contributed by atoms with Crippen LogP contribution in [0.2, 0.25) is 0 Å². The molecule has 0 bridgehead atoms. The van der Waals surface area contributed by atoms with Crippen LogP contribution in [0, 0.1) is 5.92 Å². The number of benzene rings is 1. The van der Waals surface area contributed by atoms with E-state index in [-0.39, 0.29) is 17.6 Å². The number of hydrogen-bond donors (Lipinski definition) is 0. The molecular weight excluding hydrogens is 288 g/mol. The van der Waals surface area contributed by atoms with Crippen molar-refractivity contribution in [2.24, 2.45) is 5.92 Å². The van der Waals surface area contributed by atoms with Crippen LogP contribution in [0.1, 0.15) is 5.56 Å². The second-order valence-electron chi connectivity index (χ2n) is 5.18. The van der Waals surface area contributed by atoms with E-state index >= 15 is 0 Å². The first kappa shape index (κ1) is 14.4. The standard InChI is InChI=1S/C16H16O6/c1-19-10-6-4-9(5-7-10)16(15(18)21-3)11-8-12(14(17)20-2)22-13(11)16/h4-8,11,13H,1-3H3/t11-,13+,16+/m1/s1. The Bertz CT molecular complexity index is 647. The highest BCUT2D eigenvalue weighted by molar-refractivity contribution is 5.94. The zero-order valence-corrected chi connectivity index (χ0v) is 12.5. The summed E-state index contributed by atoms with van der Waals surface area (Å²) in [6.07, 6.45) is 1.19. The Morgan fingerprint density at radius 1 is 1.09 bits per heavy atom. The lowest BCUT2D eigenvalue weighted by Crippen LogP contribution is -2.30. The van der Waals surface area contributed by atoms with E-state index in [4.69, 9.17) is 14.2 Å². The molecule has 0 unspecified atom stereocenters. The van der Waals surface area contributed by atoms with Crippen LogP contribution in [-0.4, -0.2) is 39.4 Å². The van der Waals surface area contributed by atoms with Crippen molar-refractivity contribution in [2.75, 3.05) is 21.3 Å². The summed E-state index contributed by atoms with van der Waals surface area (Å²) in [5, 5.41) is 0. The summed E-state index contributed by atoms with van der Waals surface area (Å²) in [5.41, 5.74) is -0.131. The minimum Gasteiger partial charge on any atom is -0.497 e. The van der Waals surface area contributed by atoms with Gasteiger partial charge in [0.15, 0.2) is 0 Å². The van der Waals surface area contributed by atoms with Gasteiger partial charge in [-0.05, 0) is 23.8 Å². The van der Waals surface area contributed by atoms with Crippen LogP contribution in [0.15, 0.2) is 36.1 Å². The Hall–Kier alpha value is -2.50. The first-order chi connectivity index (χ1) is 10.6. The molecule has 116 valence electrons. The van der Waals surface area contributed by atoms with Crippen LogP contribution in [0.5, 0.6) is 5.75 Å². The van der Waals surface area contributed by atoms with Crippen LogP contribution in [0.25, 0.3) is 0 Å². The highest BCUT2D eigenvalue weighted by atomic mass is 16.6. The summed E-state index contributed by atoms with van der Waals surface area (Å²) in [4.78, 5) is 23.8. The Morgan fingerprint density at radius 3 is 2.23 bits per heavy atom. The van der Waals surface area contributed by atoms with Gasteiger partial charge in [-0.1, -0.05) is 12.1 Å². The van der Waals surface area contributed by atoms with Crippen molar-refractivity contribution in [2.45, 2.75) is 11.5 Å². The Morgan fingerprint density at radius 2 is 1.77 bits per heavy atom. The molecule has 0 aromatic heterocycles. The van der Waals surface area contributed by atoms with E-state index in [0.717, 1.165) is 5.56 Å². The lowest BCUT2D eigenvalue weighted by atomic mass is 9.92. The van der Waals surface area contributed by atoms with Crippen LogP contribution < -0.4 is 4.74 Å². The van der Waals surface area contributed by atoms with E-state index in [1.165, 1.54) is 14.2 Å². The van der Waals surface area contributed by atoms with Gasteiger partial charge in [0.25, 0.3) is 0 Å². The smallest absolute Gasteiger partial charge is 0.372 e. The number of ether oxygens (including phenoxy) is 4. The number of fused-ring (bicyclic) bond motifs is 1. The monoisotopic (exact) mass is 304 g/mol. The van der Waals surface area contributed by atoms with Crippen molar-refractivity contribution >= 4 is 11.9 Å². The second-order valence-corrected chi connectivity index (χ2v) is 5.18. The molecule has 0 amide bonds. The molecule has 1 fully saturated rings. The first-order valence-corrected chi connectivity index (χ1v) is 6.79. The van der Waals surface area contributed by atoms with Crippen molar-refractivity contribution in [1.29, 1.82) is 0 Å². The van der Waals surface area contributed by atoms with E-state index < -0.39 is 17.5 Å². The van der Waals surface area contributed by atoms with Gasteiger partial charge in [-0.2, -0.15) is 0 Å². The lowest BCUT2D eigenvalue weighted by molar-refractivity contribution is -0.147. The van der Waals surface area contributed by atoms with Crippen LogP contribution in [0.4, 0.5) is 0 Å². The fourth-order valence-electron chi connectivity index (χ4n) is 3.09. The van der Waals surface area contributed by atoms with Gasteiger partial charge in [0.2, 0.25) is 5.76 Å². The maximum absolute atomic E-state index is 12.3. The Labute approximate surface area is 127 Å². The van der Waals surface area contributed by atoms with Gasteiger partial charge >= 0.3 is 11.9 Å². The van der Waals surface area contributed by atoms with E-state index in [2.05, 4.69) is 4.74 Å². The van der Waals surface area contributed by atoms with E-state index in [1.807, 2.05) is 12.1 Å². The molecule has 1 aromatic rings. The molecular formula is C16H16O6. The van der Waals surface area contributed by atoms with Gasteiger partial charge in [-0.25, -0.2) is 4.79 Å².